The SMILES string of the molecule is COc1ccc(-c2nn(CC3CCC(COCC(=O)O)CC3)c(=O)cc2-c2ccccc2)cc1. The maximum Gasteiger partial charge on any atom is 0.329 e. The molecule has 1 saturated carbocycles. The van der Waals surface area contributed by atoms with Crippen LogP contribution in [-0.2, 0) is 16.1 Å². The number of benzene rings is 2. The van der Waals surface area contributed by atoms with E-state index in [1.165, 1.54) is 0 Å². The number of methoxy groups -OCH3 is 1. The summed E-state index contributed by atoms with van der Waals surface area (Å²) in [7, 11) is 1.63. The number of aromatic nitrogens is 2. The molecule has 2 aromatic carbocycles. The van der Waals surface area contributed by atoms with E-state index in [2.05, 4.69) is 0 Å². The first-order chi connectivity index (χ1) is 16.5. The predicted octanol–water partition coefficient (Wildman–Crippen LogP) is 4.49. The third kappa shape index (κ3) is 5.91. The van der Waals surface area contributed by atoms with Crippen LogP contribution in [0.4, 0.5) is 0 Å². The topological polar surface area (TPSA) is 90.7 Å². The number of carboxylic acid groups (broad SMARTS) is 1. The molecule has 1 aromatic heterocycles. The maximum atomic E-state index is 13.0. The van der Waals surface area contributed by atoms with Crippen molar-refractivity contribution in [1.82, 2.24) is 9.78 Å². The van der Waals surface area contributed by atoms with Gasteiger partial charge in [0.25, 0.3) is 5.56 Å². The zero-order chi connectivity index (χ0) is 23.9. The zero-order valence-electron chi connectivity index (χ0n) is 19.4. The fourth-order valence-electron chi connectivity index (χ4n) is 4.56. The van der Waals surface area contributed by atoms with Gasteiger partial charge in [0.2, 0.25) is 0 Å². The van der Waals surface area contributed by atoms with E-state index in [0.717, 1.165) is 53.8 Å². The molecule has 0 bridgehead atoms. The molecule has 7 heteroatoms. The summed E-state index contributed by atoms with van der Waals surface area (Å²) in [5.41, 5.74) is 3.35. The maximum absolute atomic E-state index is 13.0. The Morgan fingerprint density at radius 1 is 1.00 bits per heavy atom. The first-order valence-corrected chi connectivity index (χ1v) is 11.6. The van der Waals surface area contributed by atoms with Gasteiger partial charge in [-0.1, -0.05) is 30.3 Å². The van der Waals surface area contributed by atoms with Crippen molar-refractivity contribution in [3.8, 4) is 28.1 Å². The fraction of sp³-hybridized carbons (Fsp3) is 0.370. The van der Waals surface area contributed by atoms with Gasteiger partial charge in [-0.25, -0.2) is 9.48 Å². The molecule has 1 aliphatic rings. The molecule has 1 heterocycles. The van der Waals surface area contributed by atoms with Crippen molar-refractivity contribution in [1.29, 1.82) is 0 Å². The summed E-state index contributed by atoms with van der Waals surface area (Å²) in [4.78, 5) is 23.7. The molecule has 1 fully saturated rings. The molecule has 3 aromatic rings. The Morgan fingerprint density at radius 3 is 2.32 bits per heavy atom. The van der Waals surface area contributed by atoms with Crippen molar-refractivity contribution in [2.45, 2.75) is 32.2 Å². The van der Waals surface area contributed by atoms with Gasteiger partial charge in [0, 0.05) is 23.7 Å². The van der Waals surface area contributed by atoms with Gasteiger partial charge in [-0.2, -0.15) is 5.10 Å². The fourth-order valence-corrected chi connectivity index (χ4v) is 4.56. The molecule has 0 aliphatic heterocycles. The van der Waals surface area contributed by atoms with Gasteiger partial charge in [0.15, 0.2) is 0 Å². The molecule has 1 N–H and O–H groups in total. The van der Waals surface area contributed by atoms with Crippen LogP contribution in [-0.4, -0.2) is 41.2 Å². The average molecular weight is 463 g/mol. The van der Waals surface area contributed by atoms with E-state index >= 15 is 0 Å². The normalized spacial score (nSPS) is 17.9. The van der Waals surface area contributed by atoms with Gasteiger partial charge in [-0.05, 0) is 67.3 Å². The third-order valence-electron chi connectivity index (χ3n) is 6.42. The minimum absolute atomic E-state index is 0.108. The molecule has 0 atom stereocenters. The number of carboxylic acids is 1. The van der Waals surface area contributed by atoms with E-state index < -0.39 is 5.97 Å². The lowest BCUT2D eigenvalue weighted by Crippen LogP contribution is -2.29. The lowest BCUT2D eigenvalue weighted by Gasteiger charge is -2.28. The lowest BCUT2D eigenvalue weighted by atomic mass is 9.82. The molecule has 0 amide bonds. The van der Waals surface area contributed by atoms with Crippen molar-refractivity contribution in [2.24, 2.45) is 11.8 Å². The number of rotatable bonds is 9. The number of hydrogen-bond donors (Lipinski definition) is 1. The van der Waals surface area contributed by atoms with Gasteiger partial charge < -0.3 is 14.6 Å². The molecule has 178 valence electrons. The zero-order valence-corrected chi connectivity index (χ0v) is 19.4. The molecule has 7 nitrogen and oxygen atoms in total. The van der Waals surface area contributed by atoms with Crippen LogP contribution < -0.4 is 10.3 Å². The van der Waals surface area contributed by atoms with E-state index in [1.54, 1.807) is 17.9 Å². The largest absolute Gasteiger partial charge is 0.497 e. The minimum Gasteiger partial charge on any atom is -0.497 e. The summed E-state index contributed by atoms with van der Waals surface area (Å²) in [6, 6.07) is 19.2. The molecule has 34 heavy (non-hydrogen) atoms. The quantitative estimate of drug-likeness (QED) is 0.504. The van der Waals surface area contributed by atoms with E-state index in [4.69, 9.17) is 19.7 Å². The van der Waals surface area contributed by atoms with Crippen LogP contribution in [0.1, 0.15) is 25.7 Å². The van der Waals surface area contributed by atoms with E-state index in [1.807, 2.05) is 54.6 Å². The molecule has 0 saturated heterocycles. The van der Waals surface area contributed by atoms with Crippen LogP contribution in [0.15, 0.2) is 65.5 Å². The second-order valence-electron chi connectivity index (χ2n) is 8.82. The van der Waals surface area contributed by atoms with Gasteiger partial charge in [0.1, 0.15) is 12.4 Å². The number of ether oxygens (including phenoxy) is 2. The summed E-state index contributed by atoms with van der Waals surface area (Å²) >= 11 is 0. The molecule has 1 aliphatic carbocycles. The summed E-state index contributed by atoms with van der Waals surface area (Å²) in [5, 5.41) is 13.6. The smallest absolute Gasteiger partial charge is 0.329 e. The predicted molar refractivity (Wildman–Crippen MR) is 130 cm³/mol. The van der Waals surface area contributed by atoms with Crippen LogP contribution in [0.5, 0.6) is 5.75 Å². The standard InChI is InChI=1S/C27H30N2O5/c1-33-23-13-11-22(12-14-23)27-24(21-5-3-2-4-6-21)15-25(30)29(28-27)16-19-7-9-20(10-8-19)17-34-18-26(31)32/h2-6,11-15,19-20H,7-10,16-18H2,1H3,(H,31,32). The minimum atomic E-state index is -0.939. The van der Waals surface area contributed by atoms with Crippen LogP contribution in [0.3, 0.4) is 0 Å². The third-order valence-corrected chi connectivity index (χ3v) is 6.42. The van der Waals surface area contributed by atoms with E-state index in [9.17, 15) is 9.59 Å². The van der Waals surface area contributed by atoms with Gasteiger partial charge in [0.05, 0.1) is 19.4 Å². The number of nitrogens with zero attached hydrogens (tertiary/aromatic N) is 2. The summed E-state index contributed by atoms with van der Waals surface area (Å²) in [5.74, 6) is 0.552. The summed E-state index contributed by atoms with van der Waals surface area (Å²) in [6.45, 7) is 0.797. The van der Waals surface area contributed by atoms with Crippen molar-refractivity contribution in [3.05, 3.63) is 71.0 Å². The van der Waals surface area contributed by atoms with Crippen molar-refractivity contribution >= 4 is 5.97 Å². The molecule has 0 unspecified atom stereocenters. The first kappa shape index (κ1) is 23.7. The molecule has 0 radical (unpaired) electrons. The highest BCUT2D eigenvalue weighted by atomic mass is 16.5. The van der Waals surface area contributed by atoms with E-state index in [0.29, 0.717) is 25.0 Å². The molecular weight excluding hydrogens is 432 g/mol. The second-order valence-corrected chi connectivity index (χ2v) is 8.82. The number of hydrogen-bond acceptors (Lipinski definition) is 5. The van der Waals surface area contributed by atoms with Crippen LogP contribution in [0.2, 0.25) is 0 Å². The van der Waals surface area contributed by atoms with Crippen LogP contribution in [0.25, 0.3) is 22.4 Å². The molecule has 0 spiro atoms. The highest BCUT2D eigenvalue weighted by Gasteiger charge is 2.23. The molecule has 4 rings (SSSR count). The second kappa shape index (κ2) is 11.1. The van der Waals surface area contributed by atoms with E-state index in [-0.39, 0.29) is 12.2 Å². The van der Waals surface area contributed by atoms with Crippen molar-refractivity contribution in [3.63, 3.8) is 0 Å². The Bertz CT molecular complexity index is 1150. The highest BCUT2D eigenvalue weighted by molar-refractivity contribution is 5.80. The number of carbonyl (C=O) groups is 1. The number of aliphatic carboxylic acids is 1. The Labute approximate surface area is 199 Å². The lowest BCUT2D eigenvalue weighted by molar-refractivity contribution is -0.142. The molecular formula is C27H30N2O5. The monoisotopic (exact) mass is 462 g/mol. The summed E-state index contributed by atoms with van der Waals surface area (Å²) < 4.78 is 12.2. The average Bonchev–Trinajstić information content (AvgIpc) is 2.86. The van der Waals surface area contributed by atoms with Crippen molar-refractivity contribution < 1.29 is 19.4 Å². The van der Waals surface area contributed by atoms with Gasteiger partial charge in [-0.15, -0.1) is 0 Å². The van der Waals surface area contributed by atoms with Gasteiger partial charge >= 0.3 is 5.97 Å². The Hall–Kier alpha value is -3.45. The van der Waals surface area contributed by atoms with Crippen molar-refractivity contribution in [2.75, 3.05) is 20.3 Å². The Kier molecular flexibility index (Phi) is 7.75. The Morgan fingerprint density at radius 2 is 1.68 bits per heavy atom. The first-order valence-electron chi connectivity index (χ1n) is 11.6. The van der Waals surface area contributed by atoms with Gasteiger partial charge in [-0.3, -0.25) is 4.79 Å². The Balaban J connectivity index is 1.54. The van der Waals surface area contributed by atoms with Crippen LogP contribution in [0, 0.1) is 11.8 Å². The van der Waals surface area contributed by atoms with Crippen LogP contribution >= 0.6 is 0 Å². The summed E-state index contributed by atoms with van der Waals surface area (Å²) in [6.07, 6.45) is 3.86. The highest BCUT2D eigenvalue weighted by Crippen LogP contribution is 2.32.